The molecule has 1 N–H and O–H groups in total. The second-order valence-electron chi connectivity index (χ2n) is 3.79. The Morgan fingerprint density at radius 3 is 2.59 bits per heavy atom. The number of likely N-dealkylation sites (N-methyl/N-ethyl adjacent to an activating group) is 1. The van der Waals surface area contributed by atoms with Crippen molar-refractivity contribution in [3.63, 3.8) is 0 Å². The number of hydrogen-bond donors (Lipinski definition) is 1. The van der Waals surface area contributed by atoms with Crippen LogP contribution in [0.5, 0.6) is 0 Å². The van der Waals surface area contributed by atoms with Crippen LogP contribution in [0.15, 0.2) is 10.7 Å². The predicted molar refractivity (Wildman–Crippen MR) is 75.4 cm³/mol. The summed E-state index contributed by atoms with van der Waals surface area (Å²) < 4.78 is 0.922. The van der Waals surface area contributed by atoms with E-state index >= 15 is 0 Å². The fraction of sp³-hybridized carbons (Fsp3) is 0.667. The molecule has 0 amide bonds. The van der Waals surface area contributed by atoms with E-state index < -0.39 is 0 Å². The molecule has 0 aliphatic heterocycles. The van der Waals surface area contributed by atoms with E-state index in [-0.39, 0.29) is 0 Å². The predicted octanol–water partition coefficient (Wildman–Crippen LogP) is 2.56. The van der Waals surface area contributed by atoms with Gasteiger partial charge in [0.05, 0.1) is 4.47 Å². The Kier molecular flexibility index (Phi) is 6.44. The molecule has 0 saturated carbocycles. The minimum atomic E-state index is 0.866. The molecule has 0 radical (unpaired) electrons. The number of anilines is 1. The molecule has 0 spiro atoms. The molecule has 17 heavy (non-hydrogen) atoms. The molecule has 0 bridgehead atoms. The highest BCUT2D eigenvalue weighted by Gasteiger charge is 2.06. The number of halogens is 1. The van der Waals surface area contributed by atoms with Gasteiger partial charge in [-0.15, -0.1) is 0 Å². The van der Waals surface area contributed by atoms with E-state index in [1.54, 1.807) is 0 Å². The Morgan fingerprint density at radius 2 is 2.00 bits per heavy atom. The molecule has 0 aliphatic rings. The van der Waals surface area contributed by atoms with Gasteiger partial charge in [0.15, 0.2) is 0 Å². The number of nitrogens with zero attached hydrogens (tertiary/aromatic N) is 3. The third-order valence-corrected chi connectivity index (χ3v) is 3.26. The Morgan fingerprint density at radius 1 is 1.29 bits per heavy atom. The number of aromatic nitrogens is 2. The Bertz CT molecular complexity index is 339. The maximum Gasteiger partial charge on any atom is 0.144 e. The van der Waals surface area contributed by atoms with E-state index in [9.17, 15) is 0 Å². The van der Waals surface area contributed by atoms with E-state index in [2.05, 4.69) is 56.9 Å². The second kappa shape index (κ2) is 7.61. The van der Waals surface area contributed by atoms with Crippen LogP contribution in [-0.2, 0) is 6.42 Å². The van der Waals surface area contributed by atoms with Crippen molar-refractivity contribution in [1.29, 1.82) is 0 Å². The highest BCUT2D eigenvalue weighted by molar-refractivity contribution is 9.10. The molecule has 1 aromatic rings. The summed E-state index contributed by atoms with van der Waals surface area (Å²) in [6, 6.07) is 0. The van der Waals surface area contributed by atoms with E-state index in [4.69, 9.17) is 0 Å². The fourth-order valence-electron chi connectivity index (χ4n) is 1.61. The van der Waals surface area contributed by atoms with Gasteiger partial charge in [0.1, 0.15) is 11.6 Å². The summed E-state index contributed by atoms with van der Waals surface area (Å²) in [4.78, 5) is 11.2. The minimum absolute atomic E-state index is 0.866. The second-order valence-corrected chi connectivity index (χ2v) is 4.64. The number of rotatable bonds is 7. The van der Waals surface area contributed by atoms with E-state index in [1.807, 2.05) is 6.20 Å². The maximum atomic E-state index is 4.51. The Labute approximate surface area is 112 Å². The van der Waals surface area contributed by atoms with Gasteiger partial charge in [0, 0.05) is 25.7 Å². The highest BCUT2D eigenvalue weighted by Crippen LogP contribution is 2.18. The average molecular weight is 301 g/mol. The van der Waals surface area contributed by atoms with Gasteiger partial charge < -0.3 is 10.2 Å². The van der Waals surface area contributed by atoms with E-state index in [0.29, 0.717) is 0 Å². The SMILES string of the molecule is CCNc1nc(CCN(CC)CC)ncc1Br. The zero-order chi connectivity index (χ0) is 12.7. The molecule has 0 saturated heterocycles. The summed E-state index contributed by atoms with van der Waals surface area (Å²) in [6.07, 6.45) is 2.72. The first-order valence-corrected chi connectivity index (χ1v) is 6.98. The lowest BCUT2D eigenvalue weighted by molar-refractivity contribution is 0.306. The van der Waals surface area contributed by atoms with Crippen LogP contribution in [0.4, 0.5) is 5.82 Å². The van der Waals surface area contributed by atoms with Crippen molar-refractivity contribution >= 4 is 21.7 Å². The van der Waals surface area contributed by atoms with Gasteiger partial charge in [-0.2, -0.15) is 0 Å². The highest BCUT2D eigenvalue weighted by atomic mass is 79.9. The summed E-state index contributed by atoms with van der Waals surface area (Å²) in [5.41, 5.74) is 0. The van der Waals surface area contributed by atoms with Crippen molar-refractivity contribution in [2.24, 2.45) is 0 Å². The summed E-state index contributed by atoms with van der Waals surface area (Å²) >= 11 is 3.44. The minimum Gasteiger partial charge on any atom is -0.369 e. The smallest absolute Gasteiger partial charge is 0.144 e. The lowest BCUT2D eigenvalue weighted by atomic mass is 10.3. The van der Waals surface area contributed by atoms with Gasteiger partial charge in [0.25, 0.3) is 0 Å². The van der Waals surface area contributed by atoms with Gasteiger partial charge in [-0.3, -0.25) is 0 Å². The van der Waals surface area contributed by atoms with E-state index in [0.717, 1.165) is 48.7 Å². The van der Waals surface area contributed by atoms with Crippen molar-refractivity contribution in [3.05, 3.63) is 16.5 Å². The van der Waals surface area contributed by atoms with Gasteiger partial charge >= 0.3 is 0 Å². The molecule has 0 aliphatic carbocycles. The Balaban J connectivity index is 2.62. The van der Waals surface area contributed by atoms with Crippen molar-refractivity contribution < 1.29 is 0 Å². The monoisotopic (exact) mass is 300 g/mol. The topological polar surface area (TPSA) is 41.1 Å². The fourth-order valence-corrected chi connectivity index (χ4v) is 1.94. The van der Waals surface area contributed by atoms with Gasteiger partial charge in [-0.05, 0) is 35.9 Å². The zero-order valence-electron chi connectivity index (χ0n) is 10.8. The van der Waals surface area contributed by atoms with Crippen molar-refractivity contribution in [2.75, 3.05) is 31.5 Å². The van der Waals surface area contributed by atoms with Crippen LogP contribution >= 0.6 is 15.9 Å². The molecule has 1 heterocycles. The molecule has 0 atom stereocenters. The zero-order valence-corrected chi connectivity index (χ0v) is 12.4. The largest absolute Gasteiger partial charge is 0.369 e. The molecule has 4 nitrogen and oxygen atoms in total. The molecule has 0 unspecified atom stereocenters. The lowest BCUT2D eigenvalue weighted by Crippen LogP contribution is -2.25. The third-order valence-electron chi connectivity index (χ3n) is 2.68. The average Bonchev–Trinajstić information content (AvgIpc) is 2.34. The third kappa shape index (κ3) is 4.60. The first-order valence-electron chi connectivity index (χ1n) is 6.18. The molecular formula is C12H21BrN4. The molecule has 1 aromatic heterocycles. The molecule has 5 heteroatoms. The van der Waals surface area contributed by atoms with Gasteiger partial charge in [0.2, 0.25) is 0 Å². The van der Waals surface area contributed by atoms with Crippen molar-refractivity contribution in [3.8, 4) is 0 Å². The first kappa shape index (κ1) is 14.4. The normalized spacial score (nSPS) is 10.9. The quantitative estimate of drug-likeness (QED) is 0.840. The van der Waals surface area contributed by atoms with Crippen molar-refractivity contribution in [1.82, 2.24) is 14.9 Å². The molecular weight excluding hydrogens is 280 g/mol. The summed E-state index contributed by atoms with van der Waals surface area (Å²) in [5.74, 6) is 1.79. The van der Waals surface area contributed by atoms with Crippen LogP contribution in [0.2, 0.25) is 0 Å². The molecule has 96 valence electrons. The maximum absolute atomic E-state index is 4.51. The van der Waals surface area contributed by atoms with Crippen LogP contribution < -0.4 is 5.32 Å². The van der Waals surface area contributed by atoms with Crippen LogP contribution in [0, 0.1) is 0 Å². The number of nitrogens with one attached hydrogen (secondary N) is 1. The van der Waals surface area contributed by atoms with Crippen LogP contribution in [-0.4, -0.2) is 41.0 Å². The molecule has 1 rings (SSSR count). The lowest BCUT2D eigenvalue weighted by Gasteiger charge is -2.17. The summed E-state index contributed by atoms with van der Waals surface area (Å²) in [5, 5.41) is 3.22. The summed E-state index contributed by atoms with van der Waals surface area (Å²) in [7, 11) is 0. The molecule has 0 fully saturated rings. The number of hydrogen-bond acceptors (Lipinski definition) is 4. The van der Waals surface area contributed by atoms with Crippen LogP contribution in [0.3, 0.4) is 0 Å². The first-order chi connectivity index (χ1) is 8.21. The Hall–Kier alpha value is -0.680. The standard InChI is InChI=1S/C12H21BrN4/c1-4-14-12-10(13)9-15-11(16-12)7-8-17(5-2)6-3/h9H,4-8H2,1-3H3,(H,14,15,16). The van der Waals surface area contributed by atoms with E-state index in [1.165, 1.54) is 0 Å². The van der Waals surface area contributed by atoms with Crippen LogP contribution in [0.1, 0.15) is 26.6 Å². The van der Waals surface area contributed by atoms with Gasteiger partial charge in [-0.25, -0.2) is 9.97 Å². The molecule has 0 aromatic carbocycles. The summed E-state index contributed by atoms with van der Waals surface area (Å²) in [6.45, 7) is 10.4. The van der Waals surface area contributed by atoms with Crippen LogP contribution in [0.25, 0.3) is 0 Å². The van der Waals surface area contributed by atoms with Gasteiger partial charge in [-0.1, -0.05) is 13.8 Å². The van der Waals surface area contributed by atoms with Crippen molar-refractivity contribution in [2.45, 2.75) is 27.2 Å².